The van der Waals surface area contributed by atoms with Gasteiger partial charge in [-0.2, -0.15) is 4.98 Å². The van der Waals surface area contributed by atoms with Crippen LogP contribution in [0.4, 0.5) is 23.1 Å². The summed E-state index contributed by atoms with van der Waals surface area (Å²) < 4.78 is 0. The fourth-order valence-electron chi connectivity index (χ4n) is 3.88. The Balaban J connectivity index is 1.37. The van der Waals surface area contributed by atoms with E-state index < -0.39 is 0 Å². The minimum atomic E-state index is 0.0453. The molecule has 2 aliphatic rings. The second-order valence-electron chi connectivity index (χ2n) is 7.58. The molecular weight excluding hydrogens is 400 g/mol. The number of nitrogens with one attached hydrogen (secondary N) is 3. The number of amides is 1. The maximum absolute atomic E-state index is 12.1. The van der Waals surface area contributed by atoms with Gasteiger partial charge in [0.25, 0.3) is 5.91 Å². The lowest BCUT2D eigenvalue weighted by Gasteiger charge is -2.18. The van der Waals surface area contributed by atoms with Crippen molar-refractivity contribution in [1.29, 1.82) is 0 Å². The molecule has 8 heteroatoms. The van der Waals surface area contributed by atoms with Crippen LogP contribution in [0, 0.1) is 0 Å². The van der Waals surface area contributed by atoms with Crippen molar-refractivity contribution in [2.75, 3.05) is 24.2 Å². The number of hydrogen-bond acceptors (Lipinski definition) is 6. The van der Waals surface area contributed by atoms with Gasteiger partial charge in [0, 0.05) is 37.1 Å². The molecule has 30 heavy (non-hydrogen) atoms. The van der Waals surface area contributed by atoms with Crippen LogP contribution in [0.2, 0.25) is 5.02 Å². The van der Waals surface area contributed by atoms with Crippen LogP contribution in [0.5, 0.6) is 0 Å². The third-order valence-electron chi connectivity index (χ3n) is 5.45. The smallest absolute Gasteiger partial charge is 0.254 e. The molecule has 2 aromatic carbocycles. The van der Waals surface area contributed by atoms with Crippen molar-refractivity contribution in [3.63, 3.8) is 0 Å². The van der Waals surface area contributed by atoms with Crippen LogP contribution >= 0.6 is 11.6 Å². The number of nitrogens with zero attached hydrogens (tertiary/aromatic N) is 3. The Kier molecular flexibility index (Phi) is 4.77. The number of rotatable bonds is 4. The normalized spacial score (nSPS) is 15.0. The number of halogens is 1. The molecule has 0 fully saturated rings. The highest BCUT2D eigenvalue weighted by molar-refractivity contribution is 6.32. The molecule has 0 radical (unpaired) electrons. The number of aromatic nitrogens is 2. The molecule has 3 aromatic rings. The number of carbonyl (C=O) groups excluding carboxylic acids is 1. The Morgan fingerprint density at radius 1 is 1.07 bits per heavy atom. The first-order chi connectivity index (χ1) is 14.6. The number of carbonyl (C=O) groups is 1. The Morgan fingerprint density at radius 3 is 2.77 bits per heavy atom. The van der Waals surface area contributed by atoms with Crippen LogP contribution < -0.4 is 16.0 Å². The van der Waals surface area contributed by atoms with E-state index in [9.17, 15) is 4.79 Å². The molecule has 0 bridgehead atoms. The predicted octanol–water partition coefficient (Wildman–Crippen LogP) is 3.85. The quantitative estimate of drug-likeness (QED) is 0.594. The second-order valence-corrected chi connectivity index (χ2v) is 7.99. The van der Waals surface area contributed by atoms with Gasteiger partial charge in [0.15, 0.2) is 5.82 Å². The number of fused-ring (bicyclic) bond motifs is 2. The summed E-state index contributed by atoms with van der Waals surface area (Å²) in [5, 5.41) is 10.3. The van der Waals surface area contributed by atoms with Crippen LogP contribution in [0.1, 0.15) is 27.0 Å². The average Bonchev–Trinajstić information content (AvgIpc) is 3.03. The lowest BCUT2D eigenvalue weighted by atomic mass is 10.0. The van der Waals surface area contributed by atoms with E-state index >= 15 is 0 Å². The average molecular weight is 421 g/mol. The second kappa shape index (κ2) is 7.59. The van der Waals surface area contributed by atoms with Gasteiger partial charge in [0.1, 0.15) is 5.02 Å². The highest BCUT2D eigenvalue weighted by atomic mass is 35.5. The molecule has 0 unspecified atom stereocenters. The maximum atomic E-state index is 12.1. The van der Waals surface area contributed by atoms with E-state index in [1.807, 2.05) is 24.3 Å². The molecule has 0 saturated heterocycles. The van der Waals surface area contributed by atoms with Gasteiger partial charge in [-0.15, -0.1) is 0 Å². The Bertz CT molecular complexity index is 1150. The summed E-state index contributed by atoms with van der Waals surface area (Å²) in [5.41, 5.74) is 6.16. The van der Waals surface area contributed by atoms with Crippen molar-refractivity contribution in [2.24, 2.45) is 0 Å². The van der Waals surface area contributed by atoms with E-state index in [0.717, 1.165) is 42.0 Å². The molecule has 152 valence electrons. The van der Waals surface area contributed by atoms with Gasteiger partial charge in [-0.05, 0) is 60.0 Å². The topological polar surface area (TPSA) is 82.2 Å². The van der Waals surface area contributed by atoms with Crippen LogP contribution in [-0.2, 0) is 19.5 Å². The molecule has 1 amide bonds. The maximum Gasteiger partial charge on any atom is 0.254 e. The molecule has 2 aliphatic heterocycles. The van der Waals surface area contributed by atoms with Crippen molar-refractivity contribution >= 4 is 40.6 Å². The lowest BCUT2D eigenvalue weighted by molar-refractivity contribution is 0.0816. The fraction of sp³-hybridized carbons (Fsp3) is 0.227. The van der Waals surface area contributed by atoms with Crippen LogP contribution in [0.15, 0.2) is 42.6 Å². The summed E-state index contributed by atoms with van der Waals surface area (Å²) in [6.45, 7) is 2.50. The van der Waals surface area contributed by atoms with E-state index in [0.29, 0.717) is 23.3 Å². The summed E-state index contributed by atoms with van der Waals surface area (Å²) in [6.07, 6.45) is 2.58. The first-order valence-corrected chi connectivity index (χ1v) is 10.2. The Hall–Kier alpha value is -3.16. The van der Waals surface area contributed by atoms with Gasteiger partial charge in [-0.25, -0.2) is 4.98 Å². The number of anilines is 4. The zero-order chi connectivity index (χ0) is 20.7. The van der Waals surface area contributed by atoms with Crippen LogP contribution in [0.25, 0.3) is 0 Å². The third-order valence-corrected chi connectivity index (χ3v) is 5.72. The summed E-state index contributed by atoms with van der Waals surface area (Å²) in [4.78, 5) is 22.6. The molecule has 1 aromatic heterocycles. The van der Waals surface area contributed by atoms with Gasteiger partial charge >= 0.3 is 0 Å². The van der Waals surface area contributed by atoms with E-state index in [1.54, 1.807) is 18.1 Å². The molecule has 5 rings (SSSR count). The van der Waals surface area contributed by atoms with E-state index in [2.05, 4.69) is 38.1 Å². The van der Waals surface area contributed by atoms with Gasteiger partial charge in [-0.1, -0.05) is 17.7 Å². The van der Waals surface area contributed by atoms with Crippen LogP contribution in [0.3, 0.4) is 0 Å². The molecule has 3 heterocycles. The SMILES string of the molecule is CN1Cc2cc(Nc3nc(Nc4ccc5c(c4)CCNC5)ncc3Cl)ccc2C1=O. The molecule has 7 nitrogen and oxygen atoms in total. The lowest BCUT2D eigenvalue weighted by Crippen LogP contribution is -2.23. The van der Waals surface area contributed by atoms with Gasteiger partial charge in [0.05, 0.1) is 6.20 Å². The first-order valence-electron chi connectivity index (χ1n) is 9.84. The van der Waals surface area contributed by atoms with Crippen molar-refractivity contribution in [3.8, 4) is 0 Å². The highest BCUT2D eigenvalue weighted by Gasteiger charge is 2.24. The zero-order valence-electron chi connectivity index (χ0n) is 16.5. The minimum absolute atomic E-state index is 0.0453. The molecule has 3 N–H and O–H groups in total. The molecule has 0 spiro atoms. The largest absolute Gasteiger partial charge is 0.339 e. The Morgan fingerprint density at radius 2 is 1.87 bits per heavy atom. The van der Waals surface area contributed by atoms with Crippen LogP contribution in [-0.4, -0.2) is 34.4 Å². The number of hydrogen-bond donors (Lipinski definition) is 3. The van der Waals surface area contributed by atoms with E-state index in [1.165, 1.54) is 11.1 Å². The summed E-state index contributed by atoms with van der Waals surface area (Å²) in [7, 11) is 1.80. The van der Waals surface area contributed by atoms with Crippen molar-refractivity contribution in [1.82, 2.24) is 20.2 Å². The van der Waals surface area contributed by atoms with Crippen molar-refractivity contribution in [3.05, 3.63) is 69.9 Å². The molecule has 0 atom stereocenters. The third kappa shape index (κ3) is 3.58. The molecular formula is C22H21ClN6O. The van der Waals surface area contributed by atoms with E-state index in [-0.39, 0.29) is 5.91 Å². The monoisotopic (exact) mass is 420 g/mol. The van der Waals surface area contributed by atoms with Crippen molar-refractivity contribution < 1.29 is 4.79 Å². The fourth-order valence-corrected chi connectivity index (χ4v) is 4.02. The number of benzene rings is 2. The van der Waals surface area contributed by atoms with E-state index in [4.69, 9.17) is 11.6 Å². The minimum Gasteiger partial charge on any atom is -0.339 e. The van der Waals surface area contributed by atoms with Crippen molar-refractivity contribution in [2.45, 2.75) is 19.5 Å². The van der Waals surface area contributed by atoms with Gasteiger partial charge in [-0.3, -0.25) is 4.79 Å². The molecule has 0 saturated carbocycles. The first kappa shape index (κ1) is 18.8. The highest BCUT2D eigenvalue weighted by Crippen LogP contribution is 2.29. The zero-order valence-corrected chi connectivity index (χ0v) is 17.3. The van der Waals surface area contributed by atoms with Gasteiger partial charge in [0.2, 0.25) is 5.95 Å². The Labute approximate surface area is 179 Å². The standard InChI is InChI=1S/C22H21ClN6O/c1-29-12-15-9-16(4-5-18(15)21(29)30)26-20-19(23)11-25-22(28-20)27-17-3-2-14-10-24-7-6-13(14)8-17/h2-5,8-9,11,24H,6-7,10,12H2,1H3,(H2,25,26,27,28). The predicted molar refractivity (Wildman–Crippen MR) is 118 cm³/mol. The summed E-state index contributed by atoms with van der Waals surface area (Å²) >= 11 is 6.32. The summed E-state index contributed by atoms with van der Waals surface area (Å²) in [5.74, 6) is 1.02. The van der Waals surface area contributed by atoms with Gasteiger partial charge < -0.3 is 20.9 Å². The molecule has 0 aliphatic carbocycles. The summed E-state index contributed by atoms with van der Waals surface area (Å²) in [6, 6.07) is 12.0.